The van der Waals surface area contributed by atoms with Crippen molar-refractivity contribution in [2.75, 3.05) is 13.2 Å². The van der Waals surface area contributed by atoms with Gasteiger partial charge in [-0.2, -0.15) is 0 Å². The van der Waals surface area contributed by atoms with Gasteiger partial charge in [-0.3, -0.25) is 0 Å². The van der Waals surface area contributed by atoms with E-state index in [0.29, 0.717) is 12.1 Å². The predicted molar refractivity (Wildman–Crippen MR) is 85.4 cm³/mol. The van der Waals surface area contributed by atoms with Gasteiger partial charge >= 0.3 is 0 Å². The van der Waals surface area contributed by atoms with Gasteiger partial charge in [0.1, 0.15) is 5.82 Å². The third-order valence-corrected chi connectivity index (χ3v) is 4.53. The quantitative estimate of drug-likeness (QED) is 0.808. The largest absolute Gasteiger partial charge is 0.378 e. The summed E-state index contributed by atoms with van der Waals surface area (Å²) in [6.07, 6.45) is 6.87. The minimum atomic E-state index is -0.333. The van der Waals surface area contributed by atoms with E-state index in [1.165, 1.54) is 25.3 Å². The molecule has 0 bridgehead atoms. The van der Waals surface area contributed by atoms with E-state index >= 15 is 0 Å². The molecule has 2 nitrogen and oxygen atoms in total. The molecule has 1 aliphatic heterocycles. The Morgan fingerprint density at radius 1 is 1.43 bits per heavy atom. The fourth-order valence-electron chi connectivity index (χ4n) is 2.96. The fourth-order valence-corrected chi connectivity index (χ4v) is 3.16. The zero-order chi connectivity index (χ0) is 15.1. The van der Waals surface area contributed by atoms with Gasteiger partial charge in [-0.1, -0.05) is 30.7 Å². The molecule has 0 aromatic heterocycles. The molecule has 2 rings (SSSR count). The highest BCUT2D eigenvalue weighted by Gasteiger charge is 2.18. The van der Waals surface area contributed by atoms with Gasteiger partial charge in [-0.15, -0.1) is 0 Å². The number of likely N-dealkylation sites (N-methyl/N-ethyl adjacent to an activating group) is 1. The average Bonchev–Trinajstić information content (AvgIpc) is 2.50. The second kappa shape index (κ2) is 8.72. The van der Waals surface area contributed by atoms with E-state index in [2.05, 4.69) is 12.2 Å². The lowest BCUT2D eigenvalue weighted by molar-refractivity contribution is 0.00860. The minimum absolute atomic E-state index is 0.259. The van der Waals surface area contributed by atoms with Crippen LogP contribution in [-0.2, 0) is 11.2 Å². The maximum atomic E-state index is 13.5. The number of rotatable bonds is 7. The Hall–Kier alpha value is -0.640. The highest BCUT2D eigenvalue weighted by Crippen LogP contribution is 2.23. The number of benzene rings is 1. The van der Waals surface area contributed by atoms with E-state index in [1.807, 2.05) is 6.07 Å². The van der Waals surface area contributed by atoms with E-state index < -0.39 is 0 Å². The van der Waals surface area contributed by atoms with Gasteiger partial charge in [0.05, 0.1) is 11.1 Å². The maximum Gasteiger partial charge on any atom is 0.142 e. The molecule has 0 radical (unpaired) electrons. The third kappa shape index (κ3) is 5.24. The highest BCUT2D eigenvalue weighted by atomic mass is 35.5. The molecule has 0 saturated carbocycles. The molecule has 1 heterocycles. The molecule has 1 saturated heterocycles. The molecule has 1 fully saturated rings. The summed E-state index contributed by atoms with van der Waals surface area (Å²) in [5, 5.41) is 3.74. The van der Waals surface area contributed by atoms with Crippen molar-refractivity contribution in [3.8, 4) is 0 Å². The topological polar surface area (TPSA) is 21.3 Å². The first-order valence-corrected chi connectivity index (χ1v) is 8.36. The van der Waals surface area contributed by atoms with Gasteiger partial charge in [0.15, 0.2) is 0 Å². The summed E-state index contributed by atoms with van der Waals surface area (Å²) in [6, 6.07) is 5.36. The molecule has 1 aliphatic rings. The van der Waals surface area contributed by atoms with Gasteiger partial charge in [0.25, 0.3) is 0 Å². The molecule has 21 heavy (non-hydrogen) atoms. The van der Waals surface area contributed by atoms with Gasteiger partial charge in [0.2, 0.25) is 0 Å². The maximum absolute atomic E-state index is 13.5. The summed E-state index contributed by atoms with van der Waals surface area (Å²) >= 11 is 6.06. The Kier molecular flexibility index (Phi) is 6.94. The molecule has 2 atom stereocenters. The van der Waals surface area contributed by atoms with Crippen LogP contribution in [0.2, 0.25) is 5.02 Å². The van der Waals surface area contributed by atoms with Crippen LogP contribution in [0.25, 0.3) is 0 Å². The Labute approximate surface area is 132 Å². The van der Waals surface area contributed by atoms with Crippen molar-refractivity contribution in [1.82, 2.24) is 5.32 Å². The van der Waals surface area contributed by atoms with Crippen molar-refractivity contribution in [2.24, 2.45) is 0 Å². The molecule has 0 amide bonds. The molecule has 0 aliphatic carbocycles. The molecule has 1 aromatic rings. The molecule has 1 aromatic carbocycles. The van der Waals surface area contributed by atoms with Crippen molar-refractivity contribution in [1.29, 1.82) is 0 Å². The molecule has 2 unspecified atom stereocenters. The summed E-state index contributed by atoms with van der Waals surface area (Å²) in [5.74, 6) is -0.333. The predicted octanol–water partition coefficient (Wildman–Crippen LogP) is 4.35. The SMILES string of the molecule is CCNC(CCC1CCCCO1)Cc1cccc(F)c1Cl. The second-order valence-corrected chi connectivity index (χ2v) is 6.12. The average molecular weight is 314 g/mol. The van der Waals surface area contributed by atoms with Crippen LogP contribution < -0.4 is 5.32 Å². The lowest BCUT2D eigenvalue weighted by Gasteiger charge is -2.25. The van der Waals surface area contributed by atoms with Gasteiger partial charge in [-0.05, 0) is 56.7 Å². The zero-order valence-corrected chi connectivity index (χ0v) is 13.5. The van der Waals surface area contributed by atoms with Crippen LogP contribution in [0.5, 0.6) is 0 Å². The highest BCUT2D eigenvalue weighted by molar-refractivity contribution is 6.31. The number of nitrogens with one attached hydrogen (secondary N) is 1. The monoisotopic (exact) mass is 313 g/mol. The number of hydrogen-bond acceptors (Lipinski definition) is 2. The van der Waals surface area contributed by atoms with Gasteiger partial charge < -0.3 is 10.1 Å². The lowest BCUT2D eigenvalue weighted by Crippen LogP contribution is -2.33. The lowest BCUT2D eigenvalue weighted by atomic mass is 9.97. The number of hydrogen-bond donors (Lipinski definition) is 1. The Bertz CT molecular complexity index is 435. The van der Waals surface area contributed by atoms with Crippen molar-refractivity contribution in [3.05, 3.63) is 34.6 Å². The zero-order valence-electron chi connectivity index (χ0n) is 12.7. The van der Waals surface area contributed by atoms with E-state index in [-0.39, 0.29) is 10.8 Å². The number of ether oxygens (including phenoxy) is 1. The normalized spacial score (nSPS) is 20.4. The van der Waals surface area contributed by atoms with Crippen molar-refractivity contribution < 1.29 is 9.13 Å². The van der Waals surface area contributed by atoms with Crippen LogP contribution in [0.15, 0.2) is 18.2 Å². The van der Waals surface area contributed by atoms with Gasteiger partial charge in [0, 0.05) is 12.6 Å². The fraction of sp³-hybridized carbons (Fsp3) is 0.647. The first kappa shape index (κ1) is 16.7. The molecular weight excluding hydrogens is 289 g/mol. The van der Waals surface area contributed by atoms with Crippen molar-refractivity contribution in [2.45, 2.75) is 57.6 Å². The summed E-state index contributed by atoms with van der Waals surface area (Å²) in [4.78, 5) is 0. The van der Waals surface area contributed by atoms with Crippen molar-refractivity contribution >= 4 is 11.6 Å². The first-order chi connectivity index (χ1) is 10.2. The van der Waals surface area contributed by atoms with Crippen LogP contribution in [0.3, 0.4) is 0 Å². The standard InChI is InChI=1S/C17H25ClFNO/c1-2-20-14(9-10-15-7-3-4-11-21-15)12-13-6-5-8-16(19)17(13)18/h5-6,8,14-15,20H,2-4,7,9-12H2,1H3. The van der Waals surface area contributed by atoms with Crippen molar-refractivity contribution in [3.63, 3.8) is 0 Å². The van der Waals surface area contributed by atoms with E-state index in [9.17, 15) is 4.39 Å². The third-order valence-electron chi connectivity index (χ3n) is 4.10. The Balaban J connectivity index is 1.90. The summed E-state index contributed by atoms with van der Waals surface area (Å²) in [5.41, 5.74) is 0.882. The van der Waals surface area contributed by atoms with Crippen LogP contribution in [0, 0.1) is 5.82 Å². The summed E-state index contributed by atoms with van der Waals surface area (Å²) in [6.45, 7) is 3.90. The van der Waals surface area contributed by atoms with Crippen LogP contribution in [-0.4, -0.2) is 25.3 Å². The molecular formula is C17H25ClFNO. The second-order valence-electron chi connectivity index (χ2n) is 5.74. The van der Waals surface area contributed by atoms with E-state index in [1.54, 1.807) is 6.07 Å². The number of halogens is 2. The molecule has 4 heteroatoms. The van der Waals surface area contributed by atoms with Crippen LogP contribution >= 0.6 is 11.6 Å². The smallest absolute Gasteiger partial charge is 0.142 e. The molecule has 0 spiro atoms. The van der Waals surface area contributed by atoms with E-state index in [0.717, 1.165) is 38.0 Å². The first-order valence-electron chi connectivity index (χ1n) is 7.98. The summed E-state index contributed by atoms with van der Waals surface area (Å²) in [7, 11) is 0. The van der Waals surface area contributed by atoms with E-state index in [4.69, 9.17) is 16.3 Å². The molecule has 118 valence electrons. The van der Waals surface area contributed by atoms with Crippen LogP contribution in [0.1, 0.15) is 44.6 Å². The summed E-state index contributed by atoms with van der Waals surface area (Å²) < 4.78 is 19.3. The molecule has 1 N–H and O–H groups in total. The minimum Gasteiger partial charge on any atom is -0.378 e. The Morgan fingerprint density at radius 2 is 2.29 bits per heavy atom. The van der Waals surface area contributed by atoms with Gasteiger partial charge in [-0.25, -0.2) is 4.39 Å². The van der Waals surface area contributed by atoms with Crippen LogP contribution in [0.4, 0.5) is 4.39 Å². The Morgan fingerprint density at radius 3 is 3.00 bits per heavy atom.